The summed E-state index contributed by atoms with van der Waals surface area (Å²) in [5.74, 6) is 0.519. The van der Waals surface area contributed by atoms with Crippen molar-refractivity contribution < 1.29 is 4.79 Å². The van der Waals surface area contributed by atoms with Gasteiger partial charge >= 0.3 is 0 Å². The van der Waals surface area contributed by atoms with Crippen LogP contribution < -0.4 is 0 Å². The summed E-state index contributed by atoms with van der Waals surface area (Å²) in [7, 11) is 0. The average Bonchev–Trinajstić information content (AvgIpc) is 2.34. The molecule has 2 bridgehead atoms. The number of hydrogen-bond donors (Lipinski definition) is 0. The quantitative estimate of drug-likeness (QED) is 0.605. The Balaban J connectivity index is 2.53. The lowest BCUT2D eigenvalue weighted by molar-refractivity contribution is -0.128. The fourth-order valence-corrected chi connectivity index (χ4v) is 3.74. The molecule has 0 aromatic rings. The van der Waals surface area contributed by atoms with E-state index in [1.807, 2.05) is 0 Å². The Hall–Kier alpha value is -0.330. The zero-order chi connectivity index (χ0) is 9.91. The molecular weight excluding hydrogens is 160 g/mol. The normalized spacial score (nSPS) is 47.2. The van der Waals surface area contributed by atoms with Crippen molar-refractivity contribution in [2.45, 2.75) is 53.4 Å². The first kappa shape index (κ1) is 9.23. The predicted molar refractivity (Wildman–Crippen MR) is 53.5 cm³/mol. The van der Waals surface area contributed by atoms with Gasteiger partial charge in [0, 0.05) is 11.8 Å². The van der Waals surface area contributed by atoms with Crippen molar-refractivity contribution in [1.82, 2.24) is 0 Å². The van der Waals surface area contributed by atoms with Crippen molar-refractivity contribution in [3.8, 4) is 0 Å². The van der Waals surface area contributed by atoms with Crippen LogP contribution in [0.5, 0.6) is 0 Å². The van der Waals surface area contributed by atoms with Crippen molar-refractivity contribution in [1.29, 1.82) is 0 Å². The molecule has 0 saturated heterocycles. The average molecular weight is 180 g/mol. The van der Waals surface area contributed by atoms with E-state index in [9.17, 15) is 4.79 Å². The number of Topliss-reactive ketones (excluding diaryl/α,β-unsaturated/α-hetero) is 1. The third-order valence-corrected chi connectivity index (χ3v) is 5.60. The highest BCUT2D eigenvalue weighted by molar-refractivity contribution is 5.90. The van der Waals surface area contributed by atoms with E-state index in [1.165, 1.54) is 12.8 Å². The SMILES string of the molecule is CCC12CCC(C)(C(=O)C1)C2(C)C. The second-order valence-corrected chi connectivity index (χ2v) is 5.69. The second-order valence-electron chi connectivity index (χ2n) is 5.69. The maximum absolute atomic E-state index is 11.9. The summed E-state index contributed by atoms with van der Waals surface area (Å²) in [4.78, 5) is 11.9. The molecular formula is C12H20O. The lowest BCUT2D eigenvalue weighted by atomic mass is 9.64. The van der Waals surface area contributed by atoms with Crippen LogP contribution in [0, 0.1) is 16.2 Å². The van der Waals surface area contributed by atoms with Crippen LogP contribution in [0.3, 0.4) is 0 Å². The summed E-state index contributed by atoms with van der Waals surface area (Å²) >= 11 is 0. The van der Waals surface area contributed by atoms with E-state index in [1.54, 1.807) is 0 Å². The van der Waals surface area contributed by atoms with E-state index in [-0.39, 0.29) is 10.8 Å². The molecule has 13 heavy (non-hydrogen) atoms. The maximum atomic E-state index is 11.9. The van der Waals surface area contributed by atoms with Gasteiger partial charge in [-0.1, -0.05) is 27.7 Å². The Kier molecular flexibility index (Phi) is 1.55. The lowest BCUT2D eigenvalue weighted by Gasteiger charge is -2.39. The molecule has 0 N–H and O–H groups in total. The first-order chi connectivity index (χ1) is 5.90. The molecule has 0 spiro atoms. The van der Waals surface area contributed by atoms with Gasteiger partial charge < -0.3 is 0 Å². The monoisotopic (exact) mass is 180 g/mol. The number of rotatable bonds is 1. The van der Waals surface area contributed by atoms with Gasteiger partial charge in [-0.15, -0.1) is 0 Å². The van der Waals surface area contributed by atoms with E-state index in [0.29, 0.717) is 11.2 Å². The smallest absolute Gasteiger partial charge is 0.139 e. The van der Waals surface area contributed by atoms with E-state index in [0.717, 1.165) is 12.8 Å². The lowest BCUT2D eigenvalue weighted by Crippen LogP contribution is -2.35. The van der Waals surface area contributed by atoms with Gasteiger partial charge in [0.2, 0.25) is 0 Å². The van der Waals surface area contributed by atoms with Crippen LogP contribution in [0.4, 0.5) is 0 Å². The molecule has 74 valence electrons. The van der Waals surface area contributed by atoms with Crippen molar-refractivity contribution in [3.05, 3.63) is 0 Å². The molecule has 2 aliphatic carbocycles. The van der Waals surface area contributed by atoms with Gasteiger partial charge in [-0.05, 0) is 30.1 Å². The number of ketones is 1. The molecule has 0 amide bonds. The van der Waals surface area contributed by atoms with Crippen LogP contribution in [0.25, 0.3) is 0 Å². The highest BCUT2D eigenvalue weighted by atomic mass is 16.1. The molecule has 1 heteroatoms. The van der Waals surface area contributed by atoms with Crippen LogP contribution in [-0.2, 0) is 4.79 Å². The minimum absolute atomic E-state index is 0.0109. The summed E-state index contributed by atoms with van der Waals surface area (Å²) in [6.07, 6.45) is 4.39. The van der Waals surface area contributed by atoms with E-state index in [2.05, 4.69) is 27.7 Å². The molecule has 0 aromatic carbocycles. The fourth-order valence-electron chi connectivity index (χ4n) is 3.74. The minimum Gasteiger partial charge on any atom is -0.299 e. The van der Waals surface area contributed by atoms with Crippen LogP contribution in [0.2, 0.25) is 0 Å². The summed E-state index contributed by atoms with van der Waals surface area (Å²) in [6.45, 7) is 9.02. The number of fused-ring (bicyclic) bond motifs is 2. The topological polar surface area (TPSA) is 17.1 Å². The van der Waals surface area contributed by atoms with E-state index in [4.69, 9.17) is 0 Å². The molecule has 2 saturated carbocycles. The van der Waals surface area contributed by atoms with Gasteiger partial charge in [0.1, 0.15) is 5.78 Å². The Morgan fingerprint density at radius 3 is 2.08 bits per heavy atom. The standard InChI is InChI=1S/C12H20O/c1-5-12-7-6-11(4,9(13)8-12)10(12,2)3/h5-8H2,1-4H3. The molecule has 2 atom stereocenters. The predicted octanol–water partition coefficient (Wildman–Crippen LogP) is 3.18. The third-order valence-electron chi connectivity index (χ3n) is 5.60. The van der Waals surface area contributed by atoms with Crippen molar-refractivity contribution in [3.63, 3.8) is 0 Å². The fraction of sp³-hybridized carbons (Fsp3) is 0.917. The highest BCUT2D eigenvalue weighted by Crippen LogP contribution is 2.71. The highest BCUT2D eigenvalue weighted by Gasteiger charge is 2.68. The molecule has 2 rings (SSSR count). The largest absolute Gasteiger partial charge is 0.299 e. The Morgan fingerprint density at radius 1 is 1.23 bits per heavy atom. The summed E-state index contributed by atoms with van der Waals surface area (Å²) in [6, 6.07) is 0. The van der Waals surface area contributed by atoms with Gasteiger partial charge in [-0.25, -0.2) is 0 Å². The van der Waals surface area contributed by atoms with Crippen LogP contribution >= 0.6 is 0 Å². The molecule has 2 fully saturated rings. The maximum Gasteiger partial charge on any atom is 0.139 e. The van der Waals surface area contributed by atoms with Gasteiger partial charge in [0.25, 0.3) is 0 Å². The van der Waals surface area contributed by atoms with Gasteiger partial charge in [-0.3, -0.25) is 4.79 Å². The molecule has 0 aliphatic heterocycles. The molecule has 2 aliphatic rings. The molecule has 0 radical (unpaired) electrons. The second kappa shape index (κ2) is 2.18. The van der Waals surface area contributed by atoms with Crippen LogP contribution in [0.15, 0.2) is 0 Å². The van der Waals surface area contributed by atoms with Gasteiger partial charge in [0.15, 0.2) is 0 Å². The Bertz CT molecular complexity index is 266. The molecule has 2 unspecified atom stereocenters. The number of carbonyl (C=O) groups excluding carboxylic acids is 1. The minimum atomic E-state index is -0.0109. The van der Waals surface area contributed by atoms with E-state index >= 15 is 0 Å². The van der Waals surface area contributed by atoms with Crippen LogP contribution in [0.1, 0.15) is 53.4 Å². The zero-order valence-electron chi connectivity index (χ0n) is 9.24. The number of hydrogen-bond acceptors (Lipinski definition) is 1. The molecule has 0 aromatic heterocycles. The summed E-state index contributed by atoms with van der Waals surface area (Å²) in [5, 5.41) is 0. The molecule has 0 heterocycles. The third kappa shape index (κ3) is 0.730. The van der Waals surface area contributed by atoms with Gasteiger partial charge in [0.05, 0.1) is 0 Å². The summed E-state index contributed by atoms with van der Waals surface area (Å²) in [5.41, 5.74) is 0.549. The summed E-state index contributed by atoms with van der Waals surface area (Å²) < 4.78 is 0. The van der Waals surface area contributed by atoms with Crippen molar-refractivity contribution >= 4 is 5.78 Å². The van der Waals surface area contributed by atoms with Crippen molar-refractivity contribution in [2.75, 3.05) is 0 Å². The zero-order valence-corrected chi connectivity index (χ0v) is 9.24. The first-order valence-corrected chi connectivity index (χ1v) is 5.43. The Labute approximate surface area is 80.9 Å². The van der Waals surface area contributed by atoms with Crippen LogP contribution in [-0.4, -0.2) is 5.78 Å². The molecule has 1 nitrogen and oxygen atoms in total. The first-order valence-electron chi connectivity index (χ1n) is 5.43. The van der Waals surface area contributed by atoms with Crippen molar-refractivity contribution in [2.24, 2.45) is 16.2 Å². The van der Waals surface area contributed by atoms with E-state index < -0.39 is 0 Å². The number of carbonyl (C=O) groups is 1. The Morgan fingerprint density at radius 2 is 1.85 bits per heavy atom. The van der Waals surface area contributed by atoms with Gasteiger partial charge in [-0.2, -0.15) is 0 Å².